The van der Waals surface area contributed by atoms with Gasteiger partial charge in [-0.1, -0.05) is 31.9 Å². The molecule has 4 aromatic carbocycles. The van der Waals surface area contributed by atoms with Crippen molar-refractivity contribution in [3.05, 3.63) is 110 Å². The van der Waals surface area contributed by atoms with Gasteiger partial charge in [-0.25, -0.2) is 4.98 Å². The van der Waals surface area contributed by atoms with Gasteiger partial charge in [0.15, 0.2) is 0 Å². The van der Waals surface area contributed by atoms with Crippen LogP contribution in [-0.4, -0.2) is 26.7 Å². The van der Waals surface area contributed by atoms with Gasteiger partial charge in [-0.05, 0) is 107 Å². The van der Waals surface area contributed by atoms with Gasteiger partial charge in [-0.2, -0.15) is 0 Å². The topological polar surface area (TPSA) is 91.5 Å². The molecule has 0 fully saturated rings. The van der Waals surface area contributed by atoms with Crippen LogP contribution in [0.4, 0.5) is 17.1 Å². The third kappa shape index (κ3) is 8.31. The Morgan fingerprint density at radius 2 is 1.37 bits per heavy atom. The summed E-state index contributed by atoms with van der Waals surface area (Å²) in [5, 5.41) is 14.1. The molecule has 0 radical (unpaired) electrons. The largest absolute Gasteiger partial charge is 0.491 e. The summed E-state index contributed by atoms with van der Waals surface area (Å²) in [4.78, 5) is 15.0. The minimum atomic E-state index is -0.412. The van der Waals surface area contributed by atoms with E-state index in [4.69, 9.17) is 9.47 Å². The molecule has 10 heteroatoms. The Bertz CT molecular complexity index is 1620. The Hall–Kier alpha value is -3.89. The molecule has 0 bridgehead atoms. The molecule has 0 atom stereocenters. The van der Waals surface area contributed by atoms with Crippen LogP contribution in [0.2, 0.25) is 0 Å². The lowest BCUT2D eigenvalue weighted by Gasteiger charge is -2.11. The number of benzene rings is 4. The van der Waals surface area contributed by atoms with Gasteiger partial charge in [0.2, 0.25) is 0 Å². The fourth-order valence-corrected chi connectivity index (χ4v) is 4.67. The number of aromatic nitrogens is 2. The van der Waals surface area contributed by atoms with Gasteiger partial charge in [-0.15, -0.1) is 0 Å². The van der Waals surface area contributed by atoms with Crippen molar-refractivity contribution in [2.45, 2.75) is 39.9 Å². The number of fused-ring (bicyclic) bond motifs is 1. The Labute approximate surface area is 255 Å². The monoisotopic (exact) mass is 680 g/mol. The predicted octanol–water partition coefficient (Wildman–Crippen LogP) is 9.46. The average molecular weight is 682 g/mol. The molecule has 0 saturated carbocycles. The third-order valence-electron chi connectivity index (χ3n) is 5.66. The van der Waals surface area contributed by atoms with Gasteiger partial charge >= 0.3 is 0 Å². The van der Waals surface area contributed by atoms with Crippen molar-refractivity contribution in [2.75, 3.05) is 5.32 Å². The summed E-state index contributed by atoms with van der Waals surface area (Å²) in [6.07, 6.45) is 2.14. The molecule has 1 N–H and O–H groups in total. The second kappa shape index (κ2) is 13.6. The van der Waals surface area contributed by atoms with Crippen LogP contribution in [0.1, 0.15) is 27.7 Å². The number of nitrogens with one attached hydrogen (secondary N) is 1. The molecule has 0 saturated heterocycles. The summed E-state index contributed by atoms with van der Waals surface area (Å²) in [5.74, 6) is 1.65. The summed E-state index contributed by atoms with van der Waals surface area (Å²) in [7, 11) is 0. The van der Waals surface area contributed by atoms with Crippen LogP contribution in [0.5, 0.6) is 11.5 Å². The zero-order chi connectivity index (χ0) is 29.5. The number of nitrogens with zero attached hydrogens (tertiary/aromatic N) is 3. The first-order valence-corrected chi connectivity index (χ1v) is 14.5. The zero-order valence-electron chi connectivity index (χ0n) is 23.0. The lowest BCUT2D eigenvalue weighted by molar-refractivity contribution is -0.383. The average Bonchev–Trinajstić information content (AvgIpc) is 3.33. The molecule has 1 heterocycles. The second-order valence-electron chi connectivity index (χ2n) is 9.64. The molecular weight excluding hydrogens is 652 g/mol. The lowest BCUT2D eigenvalue weighted by atomic mass is 10.2. The van der Waals surface area contributed by atoms with Crippen molar-refractivity contribution in [3.63, 3.8) is 0 Å². The highest BCUT2D eigenvalue weighted by molar-refractivity contribution is 9.10. The molecule has 212 valence electrons. The molecule has 5 rings (SSSR count). The van der Waals surface area contributed by atoms with E-state index in [1.165, 1.54) is 6.07 Å². The van der Waals surface area contributed by atoms with Crippen LogP contribution in [0.3, 0.4) is 0 Å². The van der Waals surface area contributed by atoms with Crippen molar-refractivity contribution >= 4 is 60.0 Å². The van der Waals surface area contributed by atoms with E-state index >= 15 is 0 Å². The number of rotatable bonds is 8. The van der Waals surface area contributed by atoms with Gasteiger partial charge in [0.05, 0.1) is 28.2 Å². The minimum absolute atomic E-state index is 0.0284. The van der Waals surface area contributed by atoms with Crippen LogP contribution >= 0.6 is 31.9 Å². The van der Waals surface area contributed by atoms with E-state index in [0.29, 0.717) is 5.69 Å². The van der Waals surface area contributed by atoms with Crippen LogP contribution in [-0.2, 0) is 0 Å². The number of hydrogen-bond acceptors (Lipinski definition) is 6. The number of ether oxygens (including phenoxy) is 2. The highest BCUT2D eigenvalue weighted by Gasteiger charge is 2.14. The van der Waals surface area contributed by atoms with E-state index in [1.807, 2.05) is 94.7 Å². The minimum Gasteiger partial charge on any atom is -0.491 e. The van der Waals surface area contributed by atoms with Crippen molar-refractivity contribution in [1.29, 1.82) is 0 Å². The fraction of sp³-hybridized carbons (Fsp3) is 0.194. The van der Waals surface area contributed by atoms with E-state index in [-0.39, 0.29) is 17.9 Å². The second-order valence-corrected chi connectivity index (χ2v) is 11.5. The lowest BCUT2D eigenvalue weighted by Crippen LogP contribution is -2.05. The maximum Gasteiger partial charge on any atom is 0.292 e. The molecular formula is C31H30Br2N4O4. The van der Waals surface area contributed by atoms with Crippen molar-refractivity contribution in [2.24, 2.45) is 0 Å². The van der Waals surface area contributed by atoms with E-state index < -0.39 is 4.92 Å². The van der Waals surface area contributed by atoms with E-state index in [2.05, 4.69) is 52.8 Å². The summed E-state index contributed by atoms with van der Waals surface area (Å²) in [6.45, 7) is 7.96. The Morgan fingerprint density at radius 1 is 0.805 bits per heavy atom. The van der Waals surface area contributed by atoms with E-state index in [9.17, 15) is 10.1 Å². The maximum absolute atomic E-state index is 11.0. The van der Waals surface area contributed by atoms with Crippen LogP contribution in [0.15, 0.2) is 100 Å². The van der Waals surface area contributed by atoms with E-state index in [0.717, 1.165) is 42.9 Å². The summed E-state index contributed by atoms with van der Waals surface area (Å²) in [6, 6.07) is 26.2. The van der Waals surface area contributed by atoms with Crippen molar-refractivity contribution < 1.29 is 14.4 Å². The summed E-state index contributed by atoms with van der Waals surface area (Å²) >= 11 is 6.82. The van der Waals surface area contributed by atoms with Gasteiger partial charge in [0, 0.05) is 26.4 Å². The highest BCUT2D eigenvalue weighted by atomic mass is 79.9. The maximum atomic E-state index is 11.0. The number of anilines is 2. The molecule has 5 aromatic rings. The number of nitro benzene ring substituents is 1. The van der Waals surface area contributed by atoms with Gasteiger partial charge in [0.1, 0.15) is 23.5 Å². The smallest absolute Gasteiger partial charge is 0.292 e. The predicted molar refractivity (Wildman–Crippen MR) is 171 cm³/mol. The Morgan fingerprint density at radius 3 is 1.95 bits per heavy atom. The quantitative estimate of drug-likeness (QED) is 0.130. The molecule has 41 heavy (non-hydrogen) atoms. The molecule has 8 nitrogen and oxygen atoms in total. The molecule has 0 aliphatic heterocycles. The summed E-state index contributed by atoms with van der Waals surface area (Å²) in [5.41, 5.74) is 4.36. The molecule has 0 spiro atoms. The van der Waals surface area contributed by atoms with Gasteiger partial charge in [-0.3, -0.25) is 14.7 Å². The van der Waals surface area contributed by atoms with Crippen LogP contribution < -0.4 is 14.8 Å². The Balaban J connectivity index is 0.000000189. The van der Waals surface area contributed by atoms with Gasteiger partial charge < -0.3 is 14.8 Å². The Kier molecular flexibility index (Phi) is 10.0. The number of hydrogen-bond donors (Lipinski definition) is 1. The normalized spacial score (nSPS) is 10.8. The SMILES string of the molecule is CC(C)Oc1ccc(-n2cnc3ccc(Br)cc32)cc1.CC(C)Oc1ccc(Nc2cc(Br)ccc2[N+](=O)[O-])cc1. The number of nitro groups is 1. The molecule has 0 unspecified atom stereocenters. The molecule has 1 aromatic heterocycles. The molecule has 0 amide bonds. The first kappa shape index (κ1) is 30.1. The summed E-state index contributed by atoms with van der Waals surface area (Å²) < 4.78 is 15.1. The molecule has 0 aliphatic rings. The molecule has 0 aliphatic carbocycles. The zero-order valence-corrected chi connectivity index (χ0v) is 26.2. The van der Waals surface area contributed by atoms with Crippen LogP contribution in [0.25, 0.3) is 16.7 Å². The van der Waals surface area contributed by atoms with Crippen molar-refractivity contribution in [3.8, 4) is 17.2 Å². The highest BCUT2D eigenvalue weighted by Crippen LogP contribution is 2.31. The van der Waals surface area contributed by atoms with Crippen LogP contribution in [0, 0.1) is 10.1 Å². The number of imidazole rings is 1. The standard InChI is InChI=1S/C16H15BrN2O.C15H15BrN2O3/c1-11(2)20-14-6-4-13(5-7-14)19-10-18-15-8-3-12(17)9-16(15)19;1-10(2)21-13-6-4-12(5-7-13)17-14-9-11(16)3-8-15(14)18(19)20/h3-11H,1-2H3;3-10,17H,1-2H3. The van der Waals surface area contributed by atoms with E-state index in [1.54, 1.807) is 12.1 Å². The van der Waals surface area contributed by atoms with Crippen molar-refractivity contribution in [1.82, 2.24) is 9.55 Å². The first-order valence-electron chi connectivity index (χ1n) is 13.0. The fourth-order valence-electron chi connectivity index (χ4n) is 3.96. The third-order valence-corrected chi connectivity index (χ3v) is 6.64. The van der Waals surface area contributed by atoms with Gasteiger partial charge in [0.25, 0.3) is 5.69 Å². The first-order chi connectivity index (χ1) is 19.6. The number of halogens is 2.